The summed E-state index contributed by atoms with van der Waals surface area (Å²) in [5.74, 6) is -0.00539. The van der Waals surface area contributed by atoms with Gasteiger partial charge in [-0.25, -0.2) is 0 Å². The highest BCUT2D eigenvalue weighted by atomic mass is 32.1. The number of hydrogen-bond donors (Lipinski definition) is 1. The van der Waals surface area contributed by atoms with Crippen molar-refractivity contribution in [2.24, 2.45) is 0 Å². The van der Waals surface area contributed by atoms with Crippen LogP contribution in [0.4, 0.5) is 0 Å². The monoisotopic (exact) mass is 433 g/mol. The zero-order valence-corrected chi connectivity index (χ0v) is 20.6. The summed E-state index contributed by atoms with van der Waals surface area (Å²) < 4.78 is 0. The quantitative estimate of drug-likeness (QED) is 0.412. The highest BCUT2D eigenvalue weighted by molar-refractivity contribution is 7.11. The molecule has 156 valence electrons. The van der Waals surface area contributed by atoms with Crippen LogP contribution in [0.15, 0.2) is 65.2 Å². The molecule has 0 aliphatic carbocycles. The first-order chi connectivity index (χ1) is 14.2. The molecular formula is C26H31NOSSi. The molecule has 0 spiro atoms. The zero-order chi connectivity index (χ0) is 21.9. The van der Waals surface area contributed by atoms with Crippen LogP contribution in [0.5, 0.6) is 0 Å². The second-order valence-corrected chi connectivity index (χ2v) is 15.0. The molecule has 0 radical (unpaired) electrons. The average Bonchev–Trinajstić information content (AvgIpc) is 3.17. The molecule has 0 saturated heterocycles. The Kier molecular flexibility index (Phi) is 6.79. The van der Waals surface area contributed by atoms with Gasteiger partial charge in [0.05, 0.1) is 14.1 Å². The molecule has 0 aliphatic heterocycles. The number of thiophene rings is 1. The van der Waals surface area contributed by atoms with Crippen molar-refractivity contribution in [1.29, 1.82) is 0 Å². The minimum atomic E-state index is -1.74. The molecule has 1 amide bonds. The van der Waals surface area contributed by atoms with Gasteiger partial charge in [0.1, 0.15) is 0 Å². The number of aryl methyl sites for hydroxylation is 3. The van der Waals surface area contributed by atoms with E-state index in [0.29, 0.717) is 0 Å². The lowest BCUT2D eigenvalue weighted by molar-refractivity contribution is 0.0942. The lowest BCUT2D eigenvalue weighted by atomic mass is 9.98. The molecule has 0 bridgehead atoms. The number of hydrogen-bond acceptors (Lipinski definition) is 2. The first-order valence-corrected chi connectivity index (χ1v) is 14.7. The SMILES string of the molecule is Cc1cc(C)c(C(=O)NC(C(=Cc2cccs2)[Si](C)(C)C)c2ccccc2)c(C)c1. The molecule has 4 heteroatoms. The largest absolute Gasteiger partial charge is 0.342 e. The van der Waals surface area contributed by atoms with Crippen LogP contribution >= 0.6 is 11.3 Å². The molecule has 1 N–H and O–H groups in total. The van der Waals surface area contributed by atoms with E-state index >= 15 is 0 Å². The lowest BCUT2D eigenvalue weighted by Crippen LogP contribution is -2.38. The van der Waals surface area contributed by atoms with Crippen LogP contribution in [-0.2, 0) is 0 Å². The molecule has 1 heterocycles. The predicted molar refractivity (Wildman–Crippen MR) is 133 cm³/mol. The lowest BCUT2D eigenvalue weighted by Gasteiger charge is -2.31. The average molecular weight is 434 g/mol. The van der Waals surface area contributed by atoms with E-state index in [9.17, 15) is 4.79 Å². The highest BCUT2D eigenvalue weighted by Gasteiger charge is 2.30. The van der Waals surface area contributed by atoms with Gasteiger partial charge in [0.25, 0.3) is 5.91 Å². The molecule has 3 aromatic rings. The van der Waals surface area contributed by atoms with E-state index in [1.165, 1.54) is 15.6 Å². The number of benzene rings is 2. The van der Waals surface area contributed by atoms with Gasteiger partial charge in [0, 0.05) is 10.4 Å². The van der Waals surface area contributed by atoms with E-state index in [1.54, 1.807) is 11.3 Å². The third kappa shape index (κ3) is 5.18. The Balaban J connectivity index is 2.09. The van der Waals surface area contributed by atoms with E-state index in [1.807, 2.05) is 32.0 Å². The van der Waals surface area contributed by atoms with E-state index in [2.05, 4.69) is 79.7 Å². The summed E-state index contributed by atoms with van der Waals surface area (Å²) in [6.45, 7) is 13.1. The van der Waals surface area contributed by atoms with Gasteiger partial charge in [-0.3, -0.25) is 4.79 Å². The molecule has 1 unspecified atom stereocenters. The summed E-state index contributed by atoms with van der Waals surface area (Å²) in [5.41, 5.74) is 5.13. The number of carbonyl (C=O) groups is 1. The maximum Gasteiger partial charge on any atom is 0.252 e. The Morgan fingerprint density at radius 1 is 0.967 bits per heavy atom. The third-order valence-corrected chi connectivity index (χ3v) is 8.31. The second-order valence-electron chi connectivity index (χ2n) is 8.96. The van der Waals surface area contributed by atoms with Gasteiger partial charge in [0.2, 0.25) is 0 Å². The van der Waals surface area contributed by atoms with Crippen LogP contribution in [0.3, 0.4) is 0 Å². The van der Waals surface area contributed by atoms with Crippen LogP contribution in [0, 0.1) is 20.8 Å². The Labute approximate surface area is 185 Å². The van der Waals surface area contributed by atoms with Gasteiger partial charge in [-0.1, -0.05) is 78.9 Å². The van der Waals surface area contributed by atoms with E-state index in [4.69, 9.17) is 0 Å². The molecule has 3 rings (SSSR count). The highest BCUT2D eigenvalue weighted by Crippen LogP contribution is 2.33. The number of nitrogens with one attached hydrogen (secondary N) is 1. The van der Waals surface area contributed by atoms with Crippen molar-refractivity contribution in [2.45, 2.75) is 46.5 Å². The van der Waals surface area contributed by atoms with Crippen molar-refractivity contribution in [3.8, 4) is 0 Å². The van der Waals surface area contributed by atoms with Crippen molar-refractivity contribution >= 4 is 31.4 Å². The normalized spacial score (nSPS) is 13.2. The minimum Gasteiger partial charge on any atom is -0.342 e. The number of rotatable bonds is 6. The molecule has 0 fully saturated rings. The molecule has 0 aliphatic rings. The van der Waals surface area contributed by atoms with Crippen LogP contribution < -0.4 is 5.32 Å². The van der Waals surface area contributed by atoms with Gasteiger partial charge >= 0.3 is 0 Å². The van der Waals surface area contributed by atoms with Crippen LogP contribution in [-0.4, -0.2) is 14.0 Å². The summed E-state index contributed by atoms with van der Waals surface area (Å²) >= 11 is 1.73. The molecular weight excluding hydrogens is 402 g/mol. The number of carbonyl (C=O) groups excluding carboxylic acids is 1. The first kappa shape index (κ1) is 22.3. The fourth-order valence-corrected chi connectivity index (χ4v) is 6.45. The Hall–Kier alpha value is -2.43. The molecule has 1 atom stereocenters. The molecule has 2 aromatic carbocycles. The Morgan fingerprint density at radius 3 is 2.13 bits per heavy atom. The van der Waals surface area contributed by atoms with Gasteiger partial charge in [0.15, 0.2) is 0 Å². The minimum absolute atomic E-state index is 0.00539. The smallest absolute Gasteiger partial charge is 0.252 e. The molecule has 2 nitrogen and oxygen atoms in total. The predicted octanol–water partition coefficient (Wildman–Crippen LogP) is 7.11. The fourth-order valence-electron chi connectivity index (χ4n) is 3.99. The Morgan fingerprint density at radius 2 is 1.60 bits per heavy atom. The standard InChI is InChI=1S/C26H31NOSSi/c1-18-15-19(2)24(20(3)16-18)26(28)27-25(21-11-8-7-9-12-21)23(30(4,5)6)17-22-13-10-14-29-22/h7-17,25H,1-6H3,(H,27,28). The van der Waals surface area contributed by atoms with Gasteiger partial charge in [-0.15, -0.1) is 11.3 Å². The molecule has 30 heavy (non-hydrogen) atoms. The van der Waals surface area contributed by atoms with Gasteiger partial charge in [-0.2, -0.15) is 0 Å². The molecule has 0 saturated carbocycles. The maximum absolute atomic E-state index is 13.5. The van der Waals surface area contributed by atoms with Crippen molar-refractivity contribution in [1.82, 2.24) is 5.32 Å². The van der Waals surface area contributed by atoms with Crippen molar-refractivity contribution in [2.75, 3.05) is 0 Å². The zero-order valence-electron chi connectivity index (χ0n) is 18.7. The summed E-state index contributed by atoms with van der Waals surface area (Å²) in [6.07, 6.45) is 2.30. The van der Waals surface area contributed by atoms with E-state index < -0.39 is 8.07 Å². The molecule has 1 aromatic heterocycles. The Bertz CT molecular complexity index is 1020. The van der Waals surface area contributed by atoms with Crippen molar-refractivity contribution < 1.29 is 4.79 Å². The van der Waals surface area contributed by atoms with E-state index in [0.717, 1.165) is 22.3 Å². The van der Waals surface area contributed by atoms with Crippen molar-refractivity contribution in [3.63, 3.8) is 0 Å². The topological polar surface area (TPSA) is 29.1 Å². The summed E-state index contributed by atoms with van der Waals surface area (Å²) in [4.78, 5) is 14.7. The van der Waals surface area contributed by atoms with Gasteiger partial charge in [-0.05, 0) is 55.0 Å². The van der Waals surface area contributed by atoms with Crippen LogP contribution in [0.25, 0.3) is 6.08 Å². The van der Waals surface area contributed by atoms with Crippen molar-refractivity contribution in [3.05, 3.63) is 97.9 Å². The van der Waals surface area contributed by atoms with E-state index in [-0.39, 0.29) is 11.9 Å². The number of amides is 1. The summed E-state index contributed by atoms with van der Waals surface area (Å²) in [5, 5.41) is 6.83. The maximum atomic E-state index is 13.5. The van der Waals surface area contributed by atoms with Gasteiger partial charge < -0.3 is 5.32 Å². The van der Waals surface area contributed by atoms with Crippen LogP contribution in [0.2, 0.25) is 19.6 Å². The summed E-state index contributed by atoms with van der Waals surface area (Å²) in [6, 6.07) is 18.6. The third-order valence-electron chi connectivity index (χ3n) is 5.33. The summed E-state index contributed by atoms with van der Waals surface area (Å²) in [7, 11) is -1.74. The second kappa shape index (κ2) is 9.15. The fraction of sp³-hybridized carbons (Fsp3) is 0.269. The first-order valence-electron chi connectivity index (χ1n) is 10.4. The van der Waals surface area contributed by atoms with Crippen LogP contribution in [0.1, 0.15) is 43.5 Å².